The van der Waals surface area contributed by atoms with Gasteiger partial charge in [0.15, 0.2) is 0 Å². The Morgan fingerprint density at radius 2 is 1.35 bits per heavy atom. The van der Waals surface area contributed by atoms with Crippen molar-refractivity contribution in [1.29, 1.82) is 0 Å². The van der Waals surface area contributed by atoms with Crippen molar-refractivity contribution >= 4 is 17.7 Å². The highest BCUT2D eigenvalue weighted by molar-refractivity contribution is 7.99. The minimum absolute atomic E-state index is 0.0458. The van der Waals surface area contributed by atoms with Gasteiger partial charge in [0.05, 0.1) is 13.0 Å². The molecule has 0 spiro atoms. The van der Waals surface area contributed by atoms with Gasteiger partial charge >= 0.3 is 5.97 Å². The van der Waals surface area contributed by atoms with Crippen LogP contribution in [0.15, 0.2) is 0 Å². The molecule has 2 nitrogen and oxygen atoms in total. The topological polar surface area (TPSA) is 26.3 Å². The summed E-state index contributed by atoms with van der Waals surface area (Å²) < 4.78 is 5.26. The highest BCUT2D eigenvalue weighted by atomic mass is 32.2. The molecule has 0 unspecified atom stereocenters. The van der Waals surface area contributed by atoms with Gasteiger partial charge in [0, 0.05) is 5.75 Å². The molecule has 0 aliphatic heterocycles. The normalized spacial score (nSPS) is 11.7. The Hall–Kier alpha value is -0.180. The third-order valence-corrected chi connectivity index (χ3v) is 4.83. The second-order valence-corrected chi connectivity index (χ2v) is 8.99. The lowest BCUT2D eigenvalue weighted by Gasteiger charge is -2.17. The SMILES string of the molecule is CCCCCCCCCCCCSCCC(=O)OCC(C)(C)C. The largest absolute Gasteiger partial charge is 0.465 e. The van der Waals surface area contributed by atoms with E-state index in [1.54, 1.807) is 0 Å². The fourth-order valence-electron chi connectivity index (χ4n) is 2.32. The predicted molar refractivity (Wildman–Crippen MR) is 104 cm³/mol. The first-order valence-corrected chi connectivity index (χ1v) is 10.8. The summed E-state index contributed by atoms with van der Waals surface area (Å²) in [5, 5.41) is 0. The smallest absolute Gasteiger partial charge is 0.306 e. The summed E-state index contributed by atoms with van der Waals surface area (Å²) in [6.07, 6.45) is 14.4. The zero-order valence-electron chi connectivity index (χ0n) is 16.1. The average Bonchev–Trinajstić information content (AvgIpc) is 2.49. The lowest BCUT2D eigenvalue weighted by molar-refractivity contribution is -0.145. The number of carbonyl (C=O) groups is 1. The molecule has 0 aliphatic rings. The maximum absolute atomic E-state index is 11.6. The third-order valence-electron chi connectivity index (χ3n) is 3.76. The van der Waals surface area contributed by atoms with Crippen molar-refractivity contribution < 1.29 is 9.53 Å². The molecule has 0 bridgehead atoms. The quantitative estimate of drug-likeness (QED) is 0.247. The van der Waals surface area contributed by atoms with E-state index in [0.29, 0.717) is 13.0 Å². The van der Waals surface area contributed by atoms with E-state index in [4.69, 9.17) is 4.74 Å². The van der Waals surface area contributed by atoms with E-state index in [-0.39, 0.29) is 11.4 Å². The number of hydrogen-bond donors (Lipinski definition) is 0. The summed E-state index contributed by atoms with van der Waals surface area (Å²) in [5.41, 5.74) is 0.0683. The highest BCUT2D eigenvalue weighted by Gasteiger charge is 2.13. The van der Waals surface area contributed by atoms with Crippen LogP contribution in [-0.2, 0) is 9.53 Å². The van der Waals surface area contributed by atoms with E-state index in [1.807, 2.05) is 11.8 Å². The molecule has 0 saturated carbocycles. The van der Waals surface area contributed by atoms with Crippen molar-refractivity contribution in [2.24, 2.45) is 5.41 Å². The van der Waals surface area contributed by atoms with E-state index in [0.717, 1.165) is 5.75 Å². The van der Waals surface area contributed by atoms with Crippen molar-refractivity contribution in [2.45, 2.75) is 98.3 Å². The van der Waals surface area contributed by atoms with Crippen LogP contribution in [0.25, 0.3) is 0 Å². The molecule has 0 N–H and O–H groups in total. The van der Waals surface area contributed by atoms with E-state index in [1.165, 1.54) is 70.0 Å². The number of carbonyl (C=O) groups excluding carboxylic acids is 1. The molecule has 0 atom stereocenters. The molecular weight excluding hydrogens is 304 g/mol. The second kappa shape index (κ2) is 15.4. The average molecular weight is 345 g/mol. The van der Waals surface area contributed by atoms with Gasteiger partial charge in [-0.2, -0.15) is 11.8 Å². The summed E-state index contributed by atoms with van der Waals surface area (Å²) in [5.74, 6) is 2.04. The van der Waals surface area contributed by atoms with Crippen molar-refractivity contribution in [3.05, 3.63) is 0 Å². The lowest BCUT2D eigenvalue weighted by Crippen LogP contribution is -2.18. The first kappa shape index (κ1) is 22.8. The number of esters is 1. The van der Waals surface area contributed by atoms with Crippen molar-refractivity contribution in [3.8, 4) is 0 Å². The summed E-state index contributed by atoms with van der Waals surface area (Å²) >= 11 is 1.89. The van der Waals surface area contributed by atoms with Crippen LogP contribution in [0.4, 0.5) is 0 Å². The molecule has 0 heterocycles. The first-order chi connectivity index (χ1) is 11.0. The van der Waals surface area contributed by atoms with Crippen LogP contribution in [0.5, 0.6) is 0 Å². The molecule has 138 valence electrons. The minimum atomic E-state index is -0.0458. The van der Waals surface area contributed by atoms with Crippen LogP contribution >= 0.6 is 11.8 Å². The molecule has 0 fully saturated rings. The molecular formula is C20H40O2S. The Labute approximate surface area is 149 Å². The molecule has 0 aromatic heterocycles. The fourth-order valence-corrected chi connectivity index (χ4v) is 3.24. The van der Waals surface area contributed by atoms with Gasteiger partial charge in [-0.25, -0.2) is 0 Å². The zero-order chi connectivity index (χ0) is 17.4. The minimum Gasteiger partial charge on any atom is -0.465 e. The first-order valence-electron chi connectivity index (χ1n) is 9.69. The monoisotopic (exact) mass is 344 g/mol. The molecule has 0 amide bonds. The number of ether oxygens (including phenoxy) is 1. The number of hydrogen-bond acceptors (Lipinski definition) is 3. The Bertz CT molecular complexity index is 271. The molecule has 23 heavy (non-hydrogen) atoms. The van der Waals surface area contributed by atoms with E-state index in [9.17, 15) is 4.79 Å². The van der Waals surface area contributed by atoms with Crippen molar-refractivity contribution in [3.63, 3.8) is 0 Å². The number of rotatable bonds is 15. The molecule has 0 aliphatic carbocycles. The number of unbranched alkanes of at least 4 members (excludes halogenated alkanes) is 9. The van der Waals surface area contributed by atoms with Gasteiger partial charge in [-0.1, -0.05) is 85.5 Å². The standard InChI is InChI=1S/C20H40O2S/c1-5-6-7-8-9-10-11-12-13-14-16-23-17-15-19(21)22-18-20(2,3)4/h5-18H2,1-4H3. The fraction of sp³-hybridized carbons (Fsp3) is 0.950. The van der Waals surface area contributed by atoms with Gasteiger partial charge in [0.25, 0.3) is 0 Å². The number of thioether (sulfide) groups is 1. The van der Waals surface area contributed by atoms with Crippen LogP contribution in [0.1, 0.15) is 98.3 Å². The lowest BCUT2D eigenvalue weighted by atomic mass is 9.99. The summed E-state index contributed by atoms with van der Waals surface area (Å²) in [7, 11) is 0. The van der Waals surface area contributed by atoms with Gasteiger partial charge in [0.2, 0.25) is 0 Å². The summed E-state index contributed by atoms with van der Waals surface area (Å²) in [6, 6.07) is 0. The van der Waals surface area contributed by atoms with Gasteiger partial charge in [-0.15, -0.1) is 0 Å². The van der Waals surface area contributed by atoms with Crippen LogP contribution < -0.4 is 0 Å². The zero-order valence-corrected chi connectivity index (χ0v) is 16.9. The Balaban J connectivity index is 3.17. The van der Waals surface area contributed by atoms with Gasteiger partial charge in [0.1, 0.15) is 0 Å². The predicted octanol–water partition coefficient (Wildman–Crippen LogP) is 6.62. The van der Waals surface area contributed by atoms with E-state index >= 15 is 0 Å². The molecule has 0 aromatic carbocycles. The maximum Gasteiger partial charge on any atom is 0.306 e. The van der Waals surface area contributed by atoms with E-state index < -0.39 is 0 Å². The maximum atomic E-state index is 11.6. The van der Waals surface area contributed by atoms with Crippen LogP contribution in [0, 0.1) is 5.41 Å². The van der Waals surface area contributed by atoms with Crippen LogP contribution in [-0.4, -0.2) is 24.1 Å². The van der Waals surface area contributed by atoms with Crippen molar-refractivity contribution in [1.82, 2.24) is 0 Å². The van der Waals surface area contributed by atoms with Gasteiger partial charge < -0.3 is 4.74 Å². The Kier molecular flexibility index (Phi) is 15.2. The summed E-state index contributed by atoms with van der Waals surface area (Å²) in [6.45, 7) is 9.04. The molecule has 3 heteroatoms. The molecule has 0 aromatic rings. The summed E-state index contributed by atoms with van der Waals surface area (Å²) in [4.78, 5) is 11.6. The molecule has 0 rings (SSSR count). The molecule has 0 saturated heterocycles. The van der Waals surface area contributed by atoms with Gasteiger partial charge in [-0.3, -0.25) is 4.79 Å². The second-order valence-electron chi connectivity index (χ2n) is 7.77. The van der Waals surface area contributed by atoms with Crippen LogP contribution in [0.3, 0.4) is 0 Å². The van der Waals surface area contributed by atoms with Gasteiger partial charge in [-0.05, 0) is 17.6 Å². The van der Waals surface area contributed by atoms with Crippen LogP contribution in [0.2, 0.25) is 0 Å². The van der Waals surface area contributed by atoms with Crippen molar-refractivity contribution in [2.75, 3.05) is 18.1 Å². The third kappa shape index (κ3) is 19.8. The highest BCUT2D eigenvalue weighted by Crippen LogP contribution is 2.15. The molecule has 0 radical (unpaired) electrons. The van der Waals surface area contributed by atoms with E-state index in [2.05, 4.69) is 27.7 Å². The Morgan fingerprint density at radius 3 is 1.87 bits per heavy atom. The Morgan fingerprint density at radius 1 is 0.826 bits per heavy atom.